The van der Waals surface area contributed by atoms with E-state index in [9.17, 15) is 4.39 Å². The quantitative estimate of drug-likeness (QED) is 0.544. The fourth-order valence-electron chi connectivity index (χ4n) is 2.98. The number of methoxy groups -OCH3 is 1. The first-order chi connectivity index (χ1) is 12.5. The number of hydrogen-bond acceptors (Lipinski definition) is 2. The highest BCUT2D eigenvalue weighted by molar-refractivity contribution is 9.08. The second kappa shape index (κ2) is 8.21. The van der Waals surface area contributed by atoms with E-state index in [1.54, 1.807) is 12.1 Å². The minimum Gasteiger partial charge on any atom is -0.380 e. The molecule has 0 saturated heterocycles. The van der Waals surface area contributed by atoms with E-state index in [1.165, 1.54) is 12.1 Å². The van der Waals surface area contributed by atoms with Gasteiger partial charge in [-0.15, -0.1) is 0 Å². The lowest BCUT2D eigenvalue weighted by Gasteiger charge is -2.24. The molecule has 0 saturated carbocycles. The zero-order chi connectivity index (χ0) is 20.4. The first-order valence-corrected chi connectivity index (χ1v) is 9.18. The van der Waals surface area contributed by atoms with Crippen LogP contribution in [0.25, 0.3) is 11.1 Å². The predicted octanol–water partition coefficient (Wildman–Crippen LogP) is 6.18. The molecule has 24 heavy (non-hydrogen) atoms. The molecule has 2 rings (SSSR count). The van der Waals surface area contributed by atoms with Crippen molar-refractivity contribution in [3.63, 3.8) is 0 Å². The van der Waals surface area contributed by atoms with Crippen molar-refractivity contribution >= 4 is 15.9 Å². The van der Waals surface area contributed by atoms with Gasteiger partial charge in [-0.2, -0.15) is 0 Å². The minimum absolute atomic E-state index is 0.0813. The number of aromatic nitrogens is 1. The van der Waals surface area contributed by atoms with Gasteiger partial charge in [-0.3, -0.25) is 4.98 Å². The molecule has 0 fully saturated rings. The van der Waals surface area contributed by atoms with Crippen LogP contribution in [-0.2, 0) is 16.7 Å². The zero-order valence-electron chi connectivity index (χ0n) is 17.5. The number of nitrogens with zero attached hydrogens (tertiary/aromatic N) is 1. The van der Waals surface area contributed by atoms with Gasteiger partial charge in [-0.05, 0) is 40.7 Å². The van der Waals surface area contributed by atoms with Gasteiger partial charge >= 0.3 is 0 Å². The van der Waals surface area contributed by atoms with Crippen LogP contribution >= 0.6 is 15.9 Å². The van der Waals surface area contributed by atoms with Crippen LogP contribution in [0, 0.1) is 5.82 Å². The maximum Gasteiger partial charge on any atom is 0.123 e. The summed E-state index contributed by atoms with van der Waals surface area (Å²) in [5, 5.41) is 0.555. The van der Waals surface area contributed by atoms with Crippen molar-refractivity contribution in [2.45, 2.75) is 51.5 Å². The third-order valence-corrected chi connectivity index (χ3v) is 4.60. The molecule has 130 valence electrons. The maximum atomic E-state index is 13.5. The van der Waals surface area contributed by atoms with Gasteiger partial charge in [0, 0.05) is 29.3 Å². The Labute approximate surface area is 156 Å². The molecule has 2 nitrogen and oxygen atoms in total. The van der Waals surface area contributed by atoms with E-state index in [2.05, 4.69) is 29.8 Å². The van der Waals surface area contributed by atoms with E-state index in [1.807, 2.05) is 13.8 Å². The second-order valence-electron chi connectivity index (χ2n) is 6.45. The summed E-state index contributed by atoms with van der Waals surface area (Å²) in [5.41, 5.74) is 5.18. The molecule has 1 aromatic heterocycles. The Kier molecular flexibility index (Phi) is 5.14. The van der Waals surface area contributed by atoms with Crippen LogP contribution in [0.1, 0.15) is 66.2 Å². The van der Waals surface area contributed by atoms with E-state index in [4.69, 9.17) is 13.8 Å². The monoisotopic (exact) mass is 396 g/mol. The Morgan fingerprint density at radius 2 is 1.67 bits per heavy atom. The summed E-state index contributed by atoms with van der Waals surface area (Å²) in [7, 11) is -2.50. The predicted molar refractivity (Wildman–Crippen MR) is 101 cm³/mol. The number of alkyl halides is 1. The van der Waals surface area contributed by atoms with Gasteiger partial charge in [0.15, 0.2) is 0 Å². The van der Waals surface area contributed by atoms with E-state index in [0.29, 0.717) is 5.33 Å². The smallest absolute Gasteiger partial charge is 0.123 e. The molecule has 0 spiro atoms. The molecule has 0 atom stereocenters. The van der Waals surface area contributed by atoms with Gasteiger partial charge < -0.3 is 4.74 Å². The first-order valence-electron chi connectivity index (χ1n) is 9.56. The molecule has 0 aliphatic rings. The van der Waals surface area contributed by atoms with Crippen LogP contribution in [0.5, 0.6) is 0 Å². The molecule has 4 heteroatoms. The van der Waals surface area contributed by atoms with Crippen LogP contribution in [0.4, 0.5) is 4.39 Å². The standard InChI is InChI=1S/C20H25BrFNO/c1-12(2)19-16(10-21)18(14-6-8-15(22)9-7-14)17(11-24-5)20(23-19)13(3)4/h6-9,12-13H,10-11H2,1-5H3/i5D3. The van der Waals surface area contributed by atoms with E-state index >= 15 is 0 Å². The normalized spacial score (nSPS) is 13.9. The fourth-order valence-corrected chi connectivity index (χ4v) is 3.54. The largest absolute Gasteiger partial charge is 0.380 e. The lowest BCUT2D eigenvalue weighted by molar-refractivity contribution is 0.183. The molecule has 0 bridgehead atoms. The highest BCUT2D eigenvalue weighted by Gasteiger charge is 2.23. The van der Waals surface area contributed by atoms with Crippen molar-refractivity contribution in [3.05, 3.63) is 52.6 Å². The van der Waals surface area contributed by atoms with Crippen molar-refractivity contribution in [3.8, 4) is 11.1 Å². The Balaban J connectivity index is 2.81. The molecule has 0 amide bonds. The zero-order valence-corrected chi connectivity index (χ0v) is 16.1. The van der Waals surface area contributed by atoms with Gasteiger partial charge in [0.05, 0.1) is 10.7 Å². The average Bonchev–Trinajstić information content (AvgIpc) is 2.58. The molecule has 0 aliphatic heterocycles. The van der Waals surface area contributed by atoms with E-state index in [-0.39, 0.29) is 24.3 Å². The summed E-state index contributed by atoms with van der Waals surface area (Å²) in [6.45, 7) is 8.11. The number of halogens is 2. The molecule has 0 unspecified atom stereocenters. The summed E-state index contributed by atoms with van der Waals surface area (Å²) in [4.78, 5) is 4.88. The molecule has 0 aliphatic carbocycles. The topological polar surface area (TPSA) is 22.1 Å². The van der Waals surface area contributed by atoms with Crippen molar-refractivity contribution in [2.75, 3.05) is 7.04 Å². The summed E-state index contributed by atoms with van der Waals surface area (Å²) < 4.78 is 40.9. The van der Waals surface area contributed by atoms with Gasteiger partial charge in [-0.25, -0.2) is 4.39 Å². The minimum atomic E-state index is -2.50. The van der Waals surface area contributed by atoms with Crippen molar-refractivity contribution in [1.29, 1.82) is 0 Å². The van der Waals surface area contributed by atoms with Crippen LogP contribution in [0.2, 0.25) is 0 Å². The summed E-state index contributed by atoms with van der Waals surface area (Å²) in [6.07, 6.45) is 0. The SMILES string of the molecule is [2H]C([2H])([2H])OCc1c(C(C)C)nc(C(C)C)c(CBr)c1-c1ccc(F)cc1. The summed E-state index contributed by atoms with van der Waals surface area (Å²) >= 11 is 3.56. The third kappa shape index (κ3) is 3.86. The summed E-state index contributed by atoms with van der Waals surface area (Å²) in [6, 6.07) is 6.24. The number of ether oxygens (including phenoxy) is 1. The molecule has 0 radical (unpaired) electrons. The molecule has 1 heterocycles. The van der Waals surface area contributed by atoms with Crippen molar-refractivity contribution in [2.24, 2.45) is 0 Å². The Morgan fingerprint density at radius 1 is 1.08 bits per heavy atom. The van der Waals surface area contributed by atoms with Crippen LogP contribution in [0.3, 0.4) is 0 Å². The van der Waals surface area contributed by atoms with E-state index < -0.39 is 7.04 Å². The fraction of sp³-hybridized carbons (Fsp3) is 0.450. The lowest BCUT2D eigenvalue weighted by Crippen LogP contribution is -2.12. The number of hydrogen-bond donors (Lipinski definition) is 0. The Bertz CT molecular complexity index is 789. The van der Waals surface area contributed by atoms with Crippen LogP contribution in [0.15, 0.2) is 24.3 Å². The van der Waals surface area contributed by atoms with Crippen LogP contribution < -0.4 is 0 Å². The van der Waals surface area contributed by atoms with Crippen molar-refractivity contribution < 1.29 is 13.2 Å². The second-order valence-corrected chi connectivity index (χ2v) is 7.01. The van der Waals surface area contributed by atoms with Gasteiger partial charge in [-0.1, -0.05) is 55.8 Å². The van der Waals surface area contributed by atoms with Gasteiger partial charge in [0.25, 0.3) is 0 Å². The van der Waals surface area contributed by atoms with E-state index in [0.717, 1.165) is 33.6 Å². The molecular formula is C20H25BrFNO. The third-order valence-electron chi connectivity index (χ3n) is 4.04. The first kappa shape index (κ1) is 15.0. The van der Waals surface area contributed by atoms with Crippen LogP contribution in [-0.4, -0.2) is 12.0 Å². The Morgan fingerprint density at radius 3 is 2.17 bits per heavy atom. The number of pyridine rings is 1. The molecule has 2 aromatic rings. The van der Waals surface area contributed by atoms with Gasteiger partial charge in [0.1, 0.15) is 5.82 Å². The number of rotatable bonds is 6. The highest BCUT2D eigenvalue weighted by Crippen LogP contribution is 2.37. The lowest BCUT2D eigenvalue weighted by atomic mass is 9.88. The molecule has 1 aromatic carbocycles. The maximum absolute atomic E-state index is 13.5. The van der Waals surface area contributed by atoms with Crippen molar-refractivity contribution in [1.82, 2.24) is 4.98 Å². The summed E-state index contributed by atoms with van der Waals surface area (Å²) in [5.74, 6) is -0.0465. The average molecular weight is 397 g/mol. The molecule has 0 N–H and O–H groups in total. The number of benzene rings is 1. The highest BCUT2D eigenvalue weighted by atomic mass is 79.9. The Hall–Kier alpha value is -1.26. The van der Waals surface area contributed by atoms with Gasteiger partial charge in [0.2, 0.25) is 0 Å². The molecular weight excluding hydrogens is 369 g/mol.